The molecule has 10 nitrogen and oxygen atoms in total. The molecule has 2 saturated heterocycles. The zero-order chi connectivity index (χ0) is 29.1. The van der Waals surface area contributed by atoms with Gasteiger partial charge in [-0.05, 0) is 57.7 Å². The summed E-state index contributed by atoms with van der Waals surface area (Å²) in [5.74, 6) is -0.612. The Labute approximate surface area is 235 Å². The predicted molar refractivity (Wildman–Crippen MR) is 149 cm³/mol. The van der Waals surface area contributed by atoms with Gasteiger partial charge >= 0.3 is 0 Å². The van der Waals surface area contributed by atoms with Crippen LogP contribution in [0.15, 0.2) is 54.6 Å². The smallest absolute Gasteiger partial charge is 0.249 e. The molecular formula is C30H39N3O7. The maximum atomic E-state index is 12.8. The molecule has 216 valence electrons. The molecule has 40 heavy (non-hydrogen) atoms. The van der Waals surface area contributed by atoms with Gasteiger partial charge in [0.05, 0.1) is 26.3 Å². The van der Waals surface area contributed by atoms with Gasteiger partial charge in [-0.2, -0.15) is 0 Å². The zero-order valence-electron chi connectivity index (χ0n) is 23.5. The first-order chi connectivity index (χ1) is 19.1. The molecule has 0 bridgehead atoms. The lowest BCUT2D eigenvalue weighted by Gasteiger charge is -2.20. The number of Topliss-reactive ketones (excluding diaryl/α,β-unsaturated/α-hetero) is 1. The number of aryl methyl sites for hydroxylation is 1. The van der Waals surface area contributed by atoms with Crippen molar-refractivity contribution in [2.24, 2.45) is 0 Å². The van der Waals surface area contributed by atoms with Gasteiger partial charge < -0.3 is 30.2 Å². The summed E-state index contributed by atoms with van der Waals surface area (Å²) in [6, 6.07) is 15.7. The molecule has 3 N–H and O–H groups in total. The Hall–Kier alpha value is -3.76. The van der Waals surface area contributed by atoms with Crippen LogP contribution < -0.4 is 20.7 Å². The Morgan fingerprint density at radius 3 is 2.30 bits per heavy atom. The molecule has 4 atom stereocenters. The van der Waals surface area contributed by atoms with Crippen LogP contribution in [0.25, 0.3) is 0 Å². The number of ketones is 1. The summed E-state index contributed by atoms with van der Waals surface area (Å²) in [7, 11) is 1.67. The molecule has 3 unspecified atom stereocenters. The van der Waals surface area contributed by atoms with Crippen LogP contribution in [-0.4, -0.2) is 74.2 Å². The minimum Gasteiger partial charge on any atom is -0.497 e. The normalized spacial score (nSPS) is 20.6. The van der Waals surface area contributed by atoms with Crippen LogP contribution in [0, 0.1) is 6.92 Å². The third-order valence-electron chi connectivity index (χ3n) is 6.69. The standard InChI is InChI=1S/C22H29N3O6.C8H10O/c1-14(24-21(29)17-9-6-10-30-17)20(28)23-12-18(26)25-16(19(27)22(2)13-31-22)11-15-7-4-3-5-8-15;1-7-3-5-8(9-2)6-4-7/h3-5,7-8,14,16-17H,6,9-13H2,1-2H3,(H,23,28)(H,24,29)(H,25,26);3-6H,1-2H3/t14?,16?,17?,22-;/m1./s1. The van der Waals surface area contributed by atoms with Gasteiger partial charge in [0.25, 0.3) is 0 Å². The quantitative estimate of drug-likeness (QED) is 0.362. The van der Waals surface area contributed by atoms with Crippen LogP contribution in [-0.2, 0) is 35.1 Å². The van der Waals surface area contributed by atoms with Crippen LogP contribution in [0.1, 0.15) is 37.8 Å². The third-order valence-corrected chi connectivity index (χ3v) is 6.69. The SMILES string of the molecule is CC(NC(=O)C1CCCO1)C(=O)NCC(=O)NC(Cc1ccccc1)C(=O)[C@@]1(C)CO1.COc1ccc(C)cc1. The van der Waals surface area contributed by atoms with E-state index >= 15 is 0 Å². The highest BCUT2D eigenvalue weighted by atomic mass is 16.6. The van der Waals surface area contributed by atoms with Crippen molar-refractivity contribution < 1.29 is 33.4 Å². The van der Waals surface area contributed by atoms with E-state index in [0.717, 1.165) is 17.7 Å². The molecule has 10 heteroatoms. The van der Waals surface area contributed by atoms with Gasteiger partial charge in [-0.1, -0.05) is 48.0 Å². The molecule has 0 saturated carbocycles. The molecule has 2 aliphatic heterocycles. The van der Waals surface area contributed by atoms with Crippen molar-refractivity contribution in [3.05, 3.63) is 65.7 Å². The molecule has 2 heterocycles. The molecule has 4 rings (SSSR count). The van der Waals surface area contributed by atoms with Gasteiger partial charge in [0, 0.05) is 6.61 Å². The Morgan fingerprint density at radius 2 is 1.73 bits per heavy atom. The summed E-state index contributed by atoms with van der Waals surface area (Å²) in [6.45, 7) is 5.83. The van der Waals surface area contributed by atoms with Crippen molar-refractivity contribution in [1.82, 2.24) is 16.0 Å². The number of amides is 3. The predicted octanol–water partition coefficient (Wildman–Crippen LogP) is 1.88. The molecule has 2 fully saturated rings. The number of rotatable bonds is 11. The van der Waals surface area contributed by atoms with Crippen LogP contribution in [0.4, 0.5) is 0 Å². The average Bonchev–Trinajstić information content (AvgIpc) is 3.46. The molecule has 2 aromatic rings. The second-order valence-corrected chi connectivity index (χ2v) is 10.2. The number of ether oxygens (including phenoxy) is 3. The molecule has 2 aliphatic rings. The van der Waals surface area contributed by atoms with Crippen LogP contribution in [0.3, 0.4) is 0 Å². The molecule has 0 radical (unpaired) electrons. The topological polar surface area (TPSA) is 135 Å². The summed E-state index contributed by atoms with van der Waals surface area (Å²) < 4.78 is 15.5. The number of benzene rings is 2. The first-order valence-corrected chi connectivity index (χ1v) is 13.4. The van der Waals surface area contributed by atoms with E-state index in [4.69, 9.17) is 14.2 Å². The van der Waals surface area contributed by atoms with Gasteiger partial charge in [-0.3, -0.25) is 19.2 Å². The fraction of sp³-hybridized carbons (Fsp3) is 0.467. The number of carbonyl (C=O) groups is 4. The molecule has 2 aromatic carbocycles. The highest BCUT2D eigenvalue weighted by Crippen LogP contribution is 2.29. The zero-order valence-corrected chi connectivity index (χ0v) is 23.5. The summed E-state index contributed by atoms with van der Waals surface area (Å²) in [5.41, 5.74) is 1.28. The Bertz CT molecular complexity index is 1140. The lowest BCUT2D eigenvalue weighted by Crippen LogP contribution is -2.52. The lowest BCUT2D eigenvalue weighted by atomic mass is 9.95. The second-order valence-electron chi connectivity index (χ2n) is 10.2. The van der Waals surface area contributed by atoms with Crippen LogP contribution >= 0.6 is 0 Å². The Kier molecular flexibility index (Phi) is 11.2. The average molecular weight is 554 g/mol. The Morgan fingerprint density at radius 1 is 1.05 bits per heavy atom. The number of epoxide rings is 1. The largest absolute Gasteiger partial charge is 0.497 e. The highest BCUT2D eigenvalue weighted by molar-refractivity contribution is 5.97. The number of methoxy groups -OCH3 is 1. The van der Waals surface area contributed by atoms with E-state index in [1.165, 1.54) is 12.5 Å². The molecule has 0 aliphatic carbocycles. The fourth-order valence-corrected chi connectivity index (χ4v) is 4.07. The molecule has 3 amide bonds. The lowest BCUT2D eigenvalue weighted by molar-refractivity contribution is -0.134. The maximum absolute atomic E-state index is 12.8. The minimum atomic E-state index is -0.878. The van der Waals surface area contributed by atoms with E-state index in [-0.39, 0.29) is 18.2 Å². The molecule has 0 spiro atoms. The third kappa shape index (κ3) is 9.46. The highest BCUT2D eigenvalue weighted by Gasteiger charge is 2.50. The van der Waals surface area contributed by atoms with Gasteiger partial charge in [-0.15, -0.1) is 0 Å². The van der Waals surface area contributed by atoms with E-state index in [9.17, 15) is 19.2 Å². The van der Waals surface area contributed by atoms with Crippen molar-refractivity contribution in [1.29, 1.82) is 0 Å². The molecule has 0 aromatic heterocycles. The van der Waals surface area contributed by atoms with Crippen LogP contribution in [0.2, 0.25) is 0 Å². The van der Waals surface area contributed by atoms with E-state index in [0.29, 0.717) is 26.1 Å². The summed E-state index contributed by atoms with van der Waals surface area (Å²) in [4.78, 5) is 49.5. The minimum absolute atomic E-state index is 0.201. The Balaban J connectivity index is 0.000000415. The summed E-state index contributed by atoms with van der Waals surface area (Å²) in [6.07, 6.45) is 1.23. The first kappa shape index (κ1) is 30.8. The van der Waals surface area contributed by atoms with Gasteiger partial charge in [-0.25, -0.2) is 0 Å². The van der Waals surface area contributed by atoms with E-state index < -0.39 is 35.6 Å². The number of nitrogens with one attached hydrogen (secondary N) is 3. The van der Waals surface area contributed by atoms with E-state index in [2.05, 4.69) is 22.9 Å². The summed E-state index contributed by atoms with van der Waals surface area (Å²) in [5, 5.41) is 7.78. The van der Waals surface area contributed by atoms with E-state index in [1.807, 2.05) is 54.6 Å². The monoisotopic (exact) mass is 553 g/mol. The fourth-order valence-electron chi connectivity index (χ4n) is 4.07. The molecular weight excluding hydrogens is 514 g/mol. The van der Waals surface area contributed by atoms with Crippen molar-refractivity contribution in [2.45, 2.75) is 63.8 Å². The second kappa shape index (κ2) is 14.6. The number of carbonyl (C=O) groups excluding carboxylic acids is 4. The number of hydrogen-bond acceptors (Lipinski definition) is 7. The summed E-state index contributed by atoms with van der Waals surface area (Å²) >= 11 is 0. The van der Waals surface area contributed by atoms with Crippen molar-refractivity contribution >= 4 is 23.5 Å². The van der Waals surface area contributed by atoms with E-state index in [1.54, 1.807) is 14.0 Å². The van der Waals surface area contributed by atoms with Crippen LogP contribution in [0.5, 0.6) is 5.75 Å². The van der Waals surface area contributed by atoms with Gasteiger partial charge in [0.2, 0.25) is 17.7 Å². The van der Waals surface area contributed by atoms with Gasteiger partial charge in [0.1, 0.15) is 23.5 Å². The maximum Gasteiger partial charge on any atom is 0.249 e. The van der Waals surface area contributed by atoms with Crippen molar-refractivity contribution in [2.75, 3.05) is 26.9 Å². The van der Waals surface area contributed by atoms with Gasteiger partial charge in [0.15, 0.2) is 5.78 Å². The van der Waals surface area contributed by atoms with Crippen molar-refractivity contribution in [3.63, 3.8) is 0 Å². The number of hydrogen-bond donors (Lipinski definition) is 3. The van der Waals surface area contributed by atoms with Crippen molar-refractivity contribution in [3.8, 4) is 5.75 Å². The first-order valence-electron chi connectivity index (χ1n) is 13.4.